The third-order valence-corrected chi connectivity index (χ3v) is 3.25. The molecule has 3 nitrogen and oxygen atoms in total. The van der Waals surface area contributed by atoms with Gasteiger partial charge in [0.15, 0.2) is 0 Å². The van der Waals surface area contributed by atoms with E-state index < -0.39 is 0 Å². The van der Waals surface area contributed by atoms with Crippen molar-refractivity contribution < 1.29 is 4.74 Å². The van der Waals surface area contributed by atoms with Crippen molar-refractivity contribution >= 4 is 0 Å². The summed E-state index contributed by atoms with van der Waals surface area (Å²) in [6.45, 7) is 7.99. The maximum Gasteiger partial charge on any atom is 0.122 e. The first-order chi connectivity index (χ1) is 8.52. The van der Waals surface area contributed by atoms with E-state index in [-0.39, 0.29) is 5.54 Å². The maximum atomic E-state index is 5.69. The second-order valence-corrected chi connectivity index (χ2v) is 5.26. The lowest BCUT2D eigenvalue weighted by Gasteiger charge is -2.24. The van der Waals surface area contributed by atoms with Gasteiger partial charge in [-0.2, -0.15) is 0 Å². The van der Waals surface area contributed by atoms with Crippen molar-refractivity contribution in [2.75, 3.05) is 20.2 Å². The number of benzene rings is 1. The van der Waals surface area contributed by atoms with Crippen molar-refractivity contribution in [2.45, 2.75) is 39.2 Å². The lowest BCUT2D eigenvalue weighted by molar-refractivity contribution is 0.401. The smallest absolute Gasteiger partial charge is 0.122 e. The van der Waals surface area contributed by atoms with Crippen LogP contribution in [0.2, 0.25) is 0 Å². The minimum atomic E-state index is 0.0139. The molecule has 0 aliphatic carbocycles. The summed E-state index contributed by atoms with van der Waals surface area (Å²) in [7, 11) is 1.72. The molecule has 3 heteroatoms. The lowest BCUT2D eigenvalue weighted by atomic mass is 10.0. The Hall–Kier alpha value is -1.06. The van der Waals surface area contributed by atoms with E-state index in [2.05, 4.69) is 44.3 Å². The number of hydrogen-bond donors (Lipinski definition) is 2. The van der Waals surface area contributed by atoms with Crippen LogP contribution in [0.4, 0.5) is 0 Å². The van der Waals surface area contributed by atoms with Gasteiger partial charge in [0, 0.05) is 12.1 Å². The zero-order valence-electron chi connectivity index (χ0n) is 12.0. The van der Waals surface area contributed by atoms with Gasteiger partial charge in [0.2, 0.25) is 0 Å². The molecule has 0 fully saturated rings. The number of hydrogen-bond acceptors (Lipinski definition) is 3. The molecule has 1 aromatic carbocycles. The molecule has 0 radical (unpaired) electrons. The molecule has 1 aromatic rings. The molecule has 1 rings (SSSR count). The second kappa shape index (κ2) is 6.76. The van der Waals surface area contributed by atoms with E-state index in [0.29, 0.717) is 6.54 Å². The van der Waals surface area contributed by atoms with Gasteiger partial charge >= 0.3 is 0 Å². The highest BCUT2D eigenvalue weighted by Gasteiger charge is 2.13. The topological polar surface area (TPSA) is 47.3 Å². The van der Waals surface area contributed by atoms with Gasteiger partial charge in [-0.3, -0.25) is 0 Å². The largest absolute Gasteiger partial charge is 0.496 e. The molecule has 0 aliphatic rings. The average Bonchev–Trinajstić information content (AvgIpc) is 2.38. The summed E-state index contributed by atoms with van der Waals surface area (Å²) in [4.78, 5) is 0. The molecule has 0 heterocycles. The number of methoxy groups -OCH3 is 1. The number of nitrogens with two attached hydrogens (primary N) is 1. The van der Waals surface area contributed by atoms with E-state index in [1.54, 1.807) is 7.11 Å². The van der Waals surface area contributed by atoms with E-state index in [1.165, 1.54) is 11.1 Å². The first-order valence-electron chi connectivity index (χ1n) is 6.63. The van der Waals surface area contributed by atoms with Crippen LogP contribution in [0.1, 0.15) is 31.9 Å². The highest BCUT2D eigenvalue weighted by Crippen LogP contribution is 2.20. The lowest BCUT2D eigenvalue weighted by Crippen LogP contribution is -2.46. The van der Waals surface area contributed by atoms with Gasteiger partial charge < -0.3 is 15.8 Å². The van der Waals surface area contributed by atoms with Crippen LogP contribution in [0.15, 0.2) is 18.2 Å². The van der Waals surface area contributed by atoms with Gasteiger partial charge in [-0.25, -0.2) is 0 Å². The Morgan fingerprint density at radius 1 is 1.33 bits per heavy atom. The molecule has 18 heavy (non-hydrogen) atoms. The Morgan fingerprint density at radius 2 is 2.06 bits per heavy atom. The summed E-state index contributed by atoms with van der Waals surface area (Å²) in [6, 6.07) is 6.42. The monoisotopic (exact) mass is 250 g/mol. The van der Waals surface area contributed by atoms with E-state index in [4.69, 9.17) is 10.5 Å². The van der Waals surface area contributed by atoms with Gasteiger partial charge in [-0.05, 0) is 50.4 Å². The molecule has 0 saturated carbocycles. The van der Waals surface area contributed by atoms with Crippen LogP contribution in [0.3, 0.4) is 0 Å². The molecule has 0 saturated heterocycles. The average molecular weight is 250 g/mol. The first-order valence-corrected chi connectivity index (χ1v) is 6.63. The van der Waals surface area contributed by atoms with E-state index in [9.17, 15) is 0 Å². The molecule has 102 valence electrons. The van der Waals surface area contributed by atoms with Crippen molar-refractivity contribution in [3.05, 3.63) is 29.3 Å². The van der Waals surface area contributed by atoms with Crippen molar-refractivity contribution in [1.29, 1.82) is 0 Å². The van der Waals surface area contributed by atoms with Crippen molar-refractivity contribution in [2.24, 2.45) is 5.73 Å². The van der Waals surface area contributed by atoms with E-state index in [1.807, 2.05) is 0 Å². The fourth-order valence-corrected chi connectivity index (χ4v) is 1.88. The number of rotatable bonds is 7. The molecule has 0 bridgehead atoms. The Morgan fingerprint density at radius 3 is 2.61 bits per heavy atom. The van der Waals surface area contributed by atoms with Crippen molar-refractivity contribution in [3.63, 3.8) is 0 Å². The Bertz CT molecular complexity index is 375. The fourth-order valence-electron chi connectivity index (χ4n) is 1.88. The third-order valence-electron chi connectivity index (χ3n) is 3.25. The minimum Gasteiger partial charge on any atom is -0.496 e. The molecule has 0 amide bonds. The molecule has 0 aromatic heterocycles. The van der Waals surface area contributed by atoms with Crippen LogP contribution < -0.4 is 15.8 Å². The van der Waals surface area contributed by atoms with Gasteiger partial charge in [0.1, 0.15) is 5.75 Å². The zero-order valence-corrected chi connectivity index (χ0v) is 12.0. The van der Waals surface area contributed by atoms with E-state index >= 15 is 0 Å². The number of nitrogens with one attached hydrogen (secondary N) is 1. The molecule has 0 atom stereocenters. The predicted octanol–water partition coefficient (Wildman–Crippen LogP) is 2.13. The minimum absolute atomic E-state index is 0.0139. The summed E-state index contributed by atoms with van der Waals surface area (Å²) in [6.07, 6.45) is 2.01. The SMILES string of the molecule is CCc1cc(CCNC(C)(C)CN)ccc1OC. The van der Waals surface area contributed by atoms with Crippen LogP contribution >= 0.6 is 0 Å². The van der Waals surface area contributed by atoms with Crippen LogP contribution in [-0.4, -0.2) is 25.7 Å². The highest BCUT2D eigenvalue weighted by atomic mass is 16.5. The van der Waals surface area contributed by atoms with Gasteiger partial charge in [0.05, 0.1) is 7.11 Å². The van der Waals surface area contributed by atoms with Gasteiger partial charge in [0.25, 0.3) is 0 Å². The molecule has 0 spiro atoms. The van der Waals surface area contributed by atoms with E-state index in [0.717, 1.165) is 25.1 Å². The predicted molar refractivity (Wildman–Crippen MR) is 77.2 cm³/mol. The molecule has 0 unspecified atom stereocenters. The summed E-state index contributed by atoms with van der Waals surface area (Å²) in [5.74, 6) is 0.983. The molecular formula is C15H26N2O. The Labute approximate surface area is 111 Å². The highest BCUT2D eigenvalue weighted by molar-refractivity contribution is 5.37. The third kappa shape index (κ3) is 4.31. The maximum absolute atomic E-state index is 5.69. The van der Waals surface area contributed by atoms with Crippen LogP contribution in [0.25, 0.3) is 0 Å². The van der Waals surface area contributed by atoms with Crippen LogP contribution in [0, 0.1) is 0 Å². The fraction of sp³-hybridized carbons (Fsp3) is 0.600. The van der Waals surface area contributed by atoms with Gasteiger partial charge in [-0.1, -0.05) is 19.1 Å². The number of ether oxygens (including phenoxy) is 1. The van der Waals surface area contributed by atoms with Crippen molar-refractivity contribution in [1.82, 2.24) is 5.32 Å². The standard InChI is InChI=1S/C15H26N2O/c1-5-13-10-12(6-7-14(13)18-4)8-9-17-15(2,3)11-16/h6-7,10,17H,5,8-9,11,16H2,1-4H3. The summed E-state index contributed by atoms with van der Waals surface area (Å²) < 4.78 is 5.34. The second-order valence-electron chi connectivity index (χ2n) is 5.26. The summed E-state index contributed by atoms with van der Waals surface area (Å²) in [5.41, 5.74) is 8.32. The quantitative estimate of drug-likeness (QED) is 0.779. The molecule has 3 N–H and O–H groups in total. The van der Waals surface area contributed by atoms with Crippen LogP contribution in [0.5, 0.6) is 5.75 Å². The molecule has 0 aliphatic heterocycles. The number of aryl methyl sites for hydroxylation is 1. The Balaban J connectivity index is 2.58. The van der Waals surface area contributed by atoms with Gasteiger partial charge in [-0.15, -0.1) is 0 Å². The van der Waals surface area contributed by atoms with Crippen LogP contribution in [-0.2, 0) is 12.8 Å². The summed E-state index contributed by atoms with van der Waals surface area (Å²) >= 11 is 0. The first kappa shape index (κ1) is 15.0. The van der Waals surface area contributed by atoms with Crippen molar-refractivity contribution in [3.8, 4) is 5.75 Å². The molecular weight excluding hydrogens is 224 g/mol. The normalized spacial score (nSPS) is 11.6. The zero-order chi connectivity index (χ0) is 13.6. The Kier molecular flexibility index (Phi) is 5.63. The summed E-state index contributed by atoms with van der Waals surface area (Å²) in [5, 5.41) is 3.47.